The smallest absolute Gasteiger partial charge is 0.197 e. The van der Waals surface area contributed by atoms with Gasteiger partial charge in [-0.15, -0.1) is 11.3 Å². The Bertz CT molecular complexity index is 283. The van der Waals surface area contributed by atoms with Crippen LogP contribution >= 0.6 is 11.3 Å². The third-order valence-electron chi connectivity index (χ3n) is 2.64. The monoisotopic (exact) mass is 211 g/mol. The van der Waals surface area contributed by atoms with Gasteiger partial charge >= 0.3 is 0 Å². The maximum Gasteiger partial charge on any atom is 0.197 e. The highest BCUT2D eigenvalue weighted by Crippen LogP contribution is 2.22. The van der Waals surface area contributed by atoms with E-state index < -0.39 is 0 Å². The maximum absolute atomic E-state index is 4.47. The fourth-order valence-electron chi connectivity index (χ4n) is 1.66. The van der Waals surface area contributed by atoms with Gasteiger partial charge in [0.2, 0.25) is 0 Å². The molecule has 0 atom stereocenters. The van der Waals surface area contributed by atoms with Crippen molar-refractivity contribution in [3.05, 3.63) is 10.6 Å². The highest BCUT2D eigenvalue weighted by atomic mass is 32.1. The van der Waals surface area contributed by atoms with Gasteiger partial charge in [0, 0.05) is 18.0 Å². The van der Waals surface area contributed by atoms with Crippen LogP contribution in [-0.4, -0.2) is 23.1 Å². The first-order valence-electron chi connectivity index (χ1n) is 5.21. The fourth-order valence-corrected chi connectivity index (χ4v) is 2.50. The quantitative estimate of drug-likeness (QED) is 0.815. The zero-order chi connectivity index (χ0) is 9.97. The van der Waals surface area contributed by atoms with E-state index in [1.54, 1.807) is 11.3 Å². The zero-order valence-corrected chi connectivity index (χ0v) is 9.65. The molecule has 1 aliphatic heterocycles. The molecular weight excluding hydrogens is 194 g/mol. The molecule has 14 heavy (non-hydrogen) atoms. The summed E-state index contributed by atoms with van der Waals surface area (Å²) in [7, 11) is 0. The third kappa shape index (κ3) is 2.25. The summed E-state index contributed by atoms with van der Waals surface area (Å²) in [4.78, 5) is 5.78. The minimum Gasteiger partial charge on any atom is -0.294 e. The second kappa shape index (κ2) is 4.28. The molecule has 4 heteroatoms. The summed E-state index contributed by atoms with van der Waals surface area (Å²) < 4.78 is 0. The Balaban J connectivity index is 1.95. The number of aryl methyl sites for hydroxylation is 2. The molecule has 0 saturated carbocycles. The highest BCUT2D eigenvalue weighted by Gasteiger charge is 2.11. The average Bonchev–Trinajstić information content (AvgIpc) is 2.47. The molecule has 1 aromatic rings. The predicted octanol–water partition coefficient (Wildman–Crippen LogP) is 2.57. The Morgan fingerprint density at radius 1 is 1.21 bits per heavy atom. The van der Waals surface area contributed by atoms with Gasteiger partial charge in [0.1, 0.15) is 0 Å². The van der Waals surface area contributed by atoms with Crippen molar-refractivity contribution in [3.63, 3.8) is 0 Å². The van der Waals surface area contributed by atoms with E-state index in [4.69, 9.17) is 0 Å². The van der Waals surface area contributed by atoms with Gasteiger partial charge in [-0.2, -0.15) is 0 Å². The van der Waals surface area contributed by atoms with Gasteiger partial charge in [0.15, 0.2) is 5.13 Å². The van der Waals surface area contributed by atoms with E-state index in [-0.39, 0.29) is 0 Å². The van der Waals surface area contributed by atoms with Crippen LogP contribution in [0.3, 0.4) is 0 Å². The molecule has 0 bridgehead atoms. The van der Waals surface area contributed by atoms with Crippen LogP contribution in [0.1, 0.15) is 29.8 Å². The van der Waals surface area contributed by atoms with Crippen molar-refractivity contribution >= 4 is 16.5 Å². The number of hydrogen-bond donors (Lipinski definition) is 1. The van der Waals surface area contributed by atoms with Crippen molar-refractivity contribution < 1.29 is 0 Å². The molecule has 1 N–H and O–H groups in total. The van der Waals surface area contributed by atoms with Gasteiger partial charge < -0.3 is 0 Å². The Morgan fingerprint density at radius 2 is 1.93 bits per heavy atom. The molecule has 1 aliphatic rings. The Morgan fingerprint density at radius 3 is 2.50 bits per heavy atom. The molecule has 2 rings (SSSR count). The summed E-state index contributed by atoms with van der Waals surface area (Å²) in [6.45, 7) is 6.48. The number of aromatic nitrogens is 1. The Labute approximate surface area is 89.1 Å². The number of piperidine rings is 1. The number of hydrogen-bond acceptors (Lipinski definition) is 4. The first-order valence-corrected chi connectivity index (χ1v) is 6.03. The zero-order valence-electron chi connectivity index (χ0n) is 8.84. The molecule has 2 heterocycles. The average molecular weight is 211 g/mol. The molecule has 1 saturated heterocycles. The van der Waals surface area contributed by atoms with Gasteiger partial charge in [-0.25, -0.2) is 9.99 Å². The molecule has 0 amide bonds. The maximum atomic E-state index is 4.47. The number of hydrazine groups is 1. The van der Waals surface area contributed by atoms with E-state index in [1.807, 2.05) is 0 Å². The van der Waals surface area contributed by atoms with E-state index in [9.17, 15) is 0 Å². The SMILES string of the molecule is Cc1nc(NN2CCCCC2)sc1C. The molecular formula is C10H17N3S. The van der Waals surface area contributed by atoms with E-state index in [0.29, 0.717) is 0 Å². The molecule has 1 aromatic heterocycles. The molecule has 0 aliphatic carbocycles. The van der Waals surface area contributed by atoms with Crippen LogP contribution in [0.2, 0.25) is 0 Å². The second-order valence-electron chi connectivity index (χ2n) is 3.82. The van der Waals surface area contributed by atoms with Crippen molar-refractivity contribution in [2.24, 2.45) is 0 Å². The van der Waals surface area contributed by atoms with Gasteiger partial charge in [0.25, 0.3) is 0 Å². The van der Waals surface area contributed by atoms with Crippen LogP contribution in [0.15, 0.2) is 0 Å². The molecule has 78 valence electrons. The number of rotatable bonds is 2. The number of thiazole rings is 1. The minimum atomic E-state index is 1.04. The van der Waals surface area contributed by atoms with Crippen molar-refractivity contribution in [1.29, 1.82) is 0 Å². The standard InChI is InChI=1S/C10H17N3S/c1-8-9(2)14-10(11-8)12-13-6-4-3-5-7-13/h3-7H2,1-2H3,(H,11,12). The summed E-state index contributed by atoms with van der Waals surface area (Å²) in [6.07, 6.45) is 3.97. The van der Waals surface area contributed by atoms with E-state index in [2.05, 4.69) is 29.3 Å². The second-order valence-corrected chi connectivity index (χ2v) is 5.02. The van der Waals surface area contributed by atoms with Crippen molar-refractivity contribution in [3.8, 4) is 0 Å². The van der Waals surface area contributed by atoms with Gasteiger partial charge in [0.05, 0.1) is 5.69 Å². The van der Waals surface area contributed by atoms with Crippen LogP contribution in [0, 0.1) is 13.8 Å². The molecule has 0 spiro atoms. The summed E-state index contributed by atoms with van der Waals surface area (Å²) in [5.74, 6) is 0. The predicted molar refractivity (Wildman–Crippen MR) is 60.6 cm³/mol. The van der Waals surface area contributed by atoms with E-state index in [1.165, 1.54) is 24.1 Å². The number of anilines is 1. The number of nitrogens with one attached hydrogen (secondary N) is 1. The van der Waals surface area contributed by atoms with E-state index >= 15 is 0 Å². The Kier molecular flexibility index (Phi) is 3.03. The Hall–Kier alpha value is -0.610. The largest absolute Gasteiger partial charge is 0.294 e. The lowest BCUT2D eigenvalue weighted by molar-refractivity contribution is 0.273. The van der Waals surface area contributed by atoms with Crippen molar-refractivity contribution in [2.75, 3.05) is 18.5 Å². The summed E-state index contributed by atoms with van der Waals surface area (Å²) in [6, 6.07) is 0. The molecule has 1 fully saturated rings. The third-order valence-corrected chi connectivity index (χ3v) is 3.62. The lowest BCUT2D eigenvalue weighted by atomic mass is 10.2. The van der Waals surface area contributed by atoms with Crippen LogP contribution < -0.4 is 5.43 Å². The van der Waals surface area contributed by atoms with Crippen LogP contribution in [-0.2, 0) is 0 Å². The van der Waals surface area contributed by atoms with Crippen LogP contribution in [0.5, 0.6) is 0 Å². The molecule has 0 aromatic carbocycles. The van der Waals surface area contributed by atoms with Gasteiger partial charge in [-0.3, -0.25) is 5.43 Å². The lowest BCUT2D eigenvalue weighted by Gasteiger charge is -2.26. The normalized spacial score (nSPS) is 18.4. The highest BCUT2D eigenvalue weighted by molar-refractivity contribution is 7.15. The lowest BCUT2D eigenvalue weighted by Crippen LogP contribution is -2.34. The number of nitrogens with zero attached hydrogens (tertiary/aromatic N) is 2. The first-order chi connectivity index (χ1) is 6.75. The first kappa shape index (κ1) is 9.93. The minimum absolute atomic E-state index is 1.04. The van der Waals surface area contributed by atoms with Gasteiger partial charge in [-0.1, -0.05) is 6.42 Å². The van der Waals surface area contributed by atoms with Crippen molar-refractivity contribution in [1.82, 2.24) is 9.99 Å². The van der Waals surface area contributed by atoms with Crippen LogP contribution in [0.25, 0.3) is 0 Å². The molecule has 0 radical (unpaired) electrons. The topological polar surface area (TPSA) is 28.2 Å². The summed E-state index contributed by atoms with van der Waals surface area (Å²) >= 11 is 1.74. The van der Waals surface area contributed by atoms with Gasteiger partial charge in [-0.05, 0) is 26.7 Å². The van der Waals surface area contributed by atoms with E-state index in [0.717, 1.165) is 23.9 Å². The molecule has 0 unspecified atom stereocenters. The fraction of sp³-hybridized carbons (Fsp3) is 0.700. The molecule has 3 nitrogen and oxygen atoms in total. The summed E-state index contributed by atoms with van der Waals surface area (Å²) in [5.41, 5.74) is 4.53. The van der Waals surface area contributed by atoms with Crippen molar-refractivity contribution in [2.45, 2.75) is 33.1 Å². The summed E-state index contributed by atoms with van der Waals surface area (Å²) in [5, 5.41) is 3.32. The van der Waals surface area contributed by atoms with Crippen LogP contribution in [0.4, 0.5) is 5.13 Å².